The summed E-state index contributed by atoms with van der Waals surface area (Å²) in [6, 6.07) is 8.22. The van der Waals surface area contributed by atoms with Crippen LogP contribution in [0.15, 0.2) is 29.8 Å². The first-order chi connectivity index (χ1) is 10.4. The van der Waals surface area contributed by atoms with Crippen LogP contribution in [-0.4, -0.2) is 43.7 Å². The first kappa shape index (κ1) is 16.7. The second-order valence-electron chi connectivity index (χ2n) is 6.62. The molecule has 0 bridgehead atoms. The molecule has 1 fully saturated rings. The molecule has 0 unspecified atom stereocenters. The molecule has 0 radical (unpaired) electrons. The molecular formula is C18H26N2O2. The molecule has 1 saturated heterocycles. The molecular weight excluding hydrogens is 276 g/mol. The van der Waals surface area contributed by atoms with Gasteiger partial charge in [0.2, 0.25) is 0 Å². The molecule has 0 saturated carbocycles. The minimum atomic E-state index is -0.741. The number of aldehydes is 1. The number of aliphatic hydroxyl groups excluding tert-OH is 1. The maximum Gasteiger partial charge on any atom is 0.148 e. The number of hydrogen-bond donors (Lipinski definition) is 2. The average Bonchev–Trinajstić information content (AvgIpc) is 3.22. The smallest absolute Gasteiger partial charge is 0.148 e. The standard InChI is InChI=1S/C18H26N2O2/c1-12(2)9-16-17(19-16)18(22)14(11-21)10-13-5-7-15(8-6-13)20(3)4/h5-8,10-12,16-19,22H,9H2,1-4H3/b14-10-/t16-,17+,18+/m0/s1. The fourth-order valence-corrected chi connectivity index (χ4v) is 2.68. The molecule has 0 aromatic heterocycles. The number of rotatable bonds is 7. The number of carbonyl (C=O) groups excluding carboxylic acids is 1. The molecule has 4 heteroatoms. The molecule has 0 amide bonds. The molecule has 1 aromatic rings. The van der Waals surface area contributed by atoms with Gasteiger partial charge in [0.1, 0.15) is 6.29 Å². The Morgan fingerprint density at radius 1 is 1.32 bits per heavy atom. The van der Waals surface area contributed by atoms with Crippen LogP contribution in [0.5, 0.6) is 0 Å². The van der Waals surface area contributed by atoms with Crippen LogP contribution in [0.1, 0.15) is 25.8 Å². The summed E-state index contributed by atoms with van der Waals surface area (Å²) in [5.74, 6) is 0.580. The Morgan fingerprint density at radius 2 is 1.95 bits per heavy atom. The van der Waals surface area contributed by atoms with Crippen molar-refractivity contribution in [3.63, 3.8) is 0 Å². The Kier molecular flexibility index (Phi) is 5.37. The molecule has 1 heterocycles. The molecule has 2 rings (SSSR count). The number of carbonyl (C=O) groups is 1. The van der Waals surface area contributed by atoms with E-state index in [9.17, 15) is 9.90 Å². The summed E-state index contributed by atoms with van der Waals surface area (Å²) in [5, 5.41) is 13.6. The van der Waals surface area contributed by atoms with Crippen LogP contribution in [0.4, 0.5) is 5.69 Å². The summed E-state index contributed by atoms with van der Waals surface area (Å²) in [6.45, 7) is 4.32. The van der Waals surface area contributed by atoms with Crippen LogP contribution in [0.2, 0.25) is 0 Å². The van der Waals surface area contributed by atoms with E-state index < -0.39 is 6.10 Å². The zero-order valence-corrected chi connectivity index (χ0v) is 13.8. The molecule has 4 nitrogen and oxygen atoms in total. The first-order valence-corrected chi connectivity index (χ1v) is 7.80. The lowest BCUT2D eigenvalue weighted by Crippen LogP contribution is -2.22. The zero-order valence-electron chi connectivity index (χ0n) is 13.8. The Labute approximate surface area is 132 Å². The molecule has 3 atom stereocenters. The molecule has 1 aliphatic rings. The molecule has 1 aliphatic heterocycles. The number of aliphatic hydroxyl groups is 1. The van der Waals surface area contributed by atoms with Crippen molar-refractivity contribution in [2.45, 2.75) is 38.5 Å². The normalized spacial score (nSPS) is 22.5. The van der Waals surface area contributed by atoms with Crippen molar-refractivity contribution in [2.75, 3.05) is 19.0 Å². The summed E-state index contributed by atoms with van der Waals surface area (Å²) < 4.78 is 0. The molecule has 0 spiro atoms. The van der Waals surface area contributed by atoms with E-state index in [4.69, 9.17) is 0 Å². The third-order valence-corrected chi connectivity index (χ3v) is 4.02. The fraction of sp³-hybridized carbons (Fsp3) is 0.500. The average molecular weight is 302 g/mol. The van der Waals surface area contributed by atoms with Crippen LogP contribution in [0.25, 0.3) is 6.08 Å². The Hall–Kier alpha value is -1.65. The van der Waals surface area contributed by atoms with Gasteiger partial charge in [-0.05, 0) is 36.1 Å². The van der Waals surface area contributed by atoms with Crippen molar-refractivity contribution >= 4 is 18.0 Å². The van der Waals surface area contributed by atoms with E-state index in [0.29, 0.717) is 17.5 Å². The van der Waals surface area contributed by atoms with Crippen molar-refractivity contribution in [2.24, 2.45) is 5.92 Å². The number of benzene rings is 1. The predicted molar refractivity (Wildman–Crippen MR) is 91.0 cm³/mol. The lowest BCUT2D eigenvalue weighted by atomic mass is 9.99. The highest BCUT2D eigenvalue weighted by molar-refractivity contribution is 5.83. The van der Waals surface area contributed by atoms with Gasteiger partial charge >= 0.3 is 0 Å². The largest absolute Gasteiger partial charge is 0.387 e. The van der Waals surface area contributed by atoms with Crippen LogP contribution in [0.3, 0.4) is 0 Å². The molecule has 0 aliphatic carbocycles. The van der Waals surface area contributed by atoms with E-state index in [2.05, 4.69) is 19.2 Å². The van der Waals surface area contributed by atoms with Gasteiger partial charge in [-0.25, -0.2) is 0 Å². The van der Waals surface area contributed by atoms with Gasteiger partial charge in [0.25, 0.3) is 0 Å². The number of nitrogens with one attached hydrogen (secondary N) is 1. The number of hydrogen-bond acceptors (Lipinski definition) is 4. The molecule has 22 heavy (non-hydrogen) atoms. The highest BCUT2D eigenvalue weighted by atomic mass is 16.3. The van der Waals surface area contributed by atoms with Gasteiger partial charge in [-0.2, -0.15) is 0 Å². The van der Waals surface area contributed by atoms with Crippen molar-refractivity contribution in [1.29, 1.82) is 0 Å². The third-order valence-electron chi connectivity index (χ3n) is 4.02. The summed E-state index contributed by atoms with van der Waals surface area (Å²) in [6.07, 6.45) is 2.81. The maximum absolute atomic E-state index is 11.3. The number of nitrogens with zero attached hydrogens (tertiary/aromatic N) is 1. The van der Waals surface area contributed by atoms with E-state index in [1.54, 1.807) is 6.08 Å². The Balaban J connectivity index is 2.06. The first-order valence-electron chi connectivity index (χ1n) is 7.80. The van der Waals surface area contributed by atoms with Crippen LogP contribution in [-0.2, 0) is 4.79 Å². The van der Waals surface area contributed by atoms with Gasteiger partial charge in [-0.15, -0.1) is 0 Å². The van der Waals surface area contributed by atoms with E-state index >= 15 is 0 Å². The second-order valence-corrected chi connectivity index (χ2v) is 6.62. The topological polar surface area (TPSA) is 62.5 Å². The fourth-order valence-electron chi connectivity index (χ4n) is 2.68. The highest BCUT2D eigenvalue weighted by Crippen LogP contribution is 2.26. The monoisotopic (exact) mass is 302 g/mol. The maximum atomic E-state index is 11.3. The zero-order chi connectivity index (χ0) is 16.3. The molecule has 120 valence electrons. The second kappa shape index (κ2) is 7.07. The Bertz CT molecular complexity index is 535. The lowest BCUT2D eigenvalue weighted by Gasteiger charge is -2.13. The summed E-state index contributed by atoms with van der Waals surface area (Å²) in [5.41, 5.74) is 2.46. The van der Waals surface area contributed by atoms with Gasteiger partial charge in [0, 0.05) is 31.4 Å². The van der Waals surface area contributed by atoms with Gasteiger partial charge < -0.3 is 15.3 Å². The summed E-state index contributed by atoms with van der Waals surface area (Å²) in [7, 11) is 3.97. The third kappa shape index (κ3) is 4.18. The number of anilines is 1. The van der Waals surface area contributed by atoms with Gasteiger partial charge in [-0.3, -0.25) is 4.79 Å². The van der Waals surface area contributed by atoms with Crippen molar-refractivity contribution in [3.8, 4) is 0 Å². The van der Waals surface area contributed by atoms with E-state index in [-0.39, 0.29) is 6.04 Å². The van der Waals surface area contributed by atoms with E-state index in [0.717, 1.165) is 24.0 Å². The quantitative estimate of drug-likeness (QED) is 0.460. The van der Waals surface area contributed by atoms with Gasteiger partial charge in [0.05, 0.1) is 12.1 Å². The van der Waals surface area contributed by atoms with Crippen LogP contribution in [0, 0.1) is 5.92 Å². The summed E-state index contributed by atoms with van der Waals surface area (Å²) >= 11 is 0. The molecule has 1 aromatic carbocycles. The SMILES string of the molecule is CC(C)C[C@@H]1N[C@H]1[C@H](O)/C(C=O)=C\c1ccc(N(C)C)cc1. The van der Waals surface area contributed by atoms with Crippen molar-refractivity contribution in [3.05, 3.63) is 35.4 Å². The summed E-state index contributed by atoms with van der Waals surface area (Å²) in [4.78, 5) is 13.3. The van der Waals surface area contributed by atoms with Gasteiger partial charge in [0.15, 0.2) is 0 Å². The van der Waals surface area contributed by atoms with Crippen molar-refractivity contribution in [1.82, 2.24) is 5.32 Å². The van der Waals surface area contributed by atoms with Crippen LogP contribution < -0.4 is 10.2 Å². The Morgan fingerprint density at radius 3 is 2.45 bits per heavy atom. The predicted octanol–water partition coefficient (Wildman–Crippen LogP) is 2.08. The van der Waals surface area contributed by atoms with E-state index in [1.165, 1.54) is 0 Å². The molecule has 2 N–H and O–H groups in total. The van der Waals surface area contributed by atoms with E-state index in [1.807, 2.05) is 43.3 Å². The van der Waals surface area contributed by atoms with Crippen LogP contribution >= 0.6 is 0 Å². The highest BCUT2D eigenvalue weighted by Gasteiger charge is 2.42. The minimum Gasteiger partial charge on any atom is -0.387 e. The van der Waals surface area contributed by atoms with Crippen molar-refractivity contribution < 1.29 is 9.90 Å². The lowest BCUT2D eigenvalue weighted by molar-refractivity contribution is -0.105. The van der Waals surface area contributed by atoms with Gasteiger partial charge in [-0.1, -0.05) is 26.0 Å². The minimum absolute atomic E-state index is 0.0000941.